The lowest BCUT2D eigenvalue weighted by Crippen LogP contribution is -2.29. The van der Waals surface area contributed by atoms with Crippen molar-refractivity contribution in [3.05, 3.63) is 28.2 Å². The Kier molecular flexibility index (Phi) is 6.56. The zero-order valence-electron chi connectivity index (χ0n) is 13.7. The van der Waals surface area contributed by atoms with Gasteiger partial charge in [0.15, 0.2) is 0 Å². The highest BCUT2D eigenvalue weighted by Gasteiger charge is 2.17. The lowest BCUT2D eigenvalue weighted by atomic mass is 9.89. The van der Waals surface area contributed by atoms with Gasteiger partial charge >= 0.3 is 0 Å². The fourth-order valence-electron chi connectivity index (χ4n) is 3.21. The van der Waals surface area contributed by atoms with Crippen LogP contribution in [-0.4, -0.2) is 19.6 Å². The molecule has 0 atom stereocenters. The molecule has 2 nitrogen and oxygen atoms in total. The molecule has 1 saturated carbocycles. The topological polar surface area (TPSA) is 15.3 Å². The number of nitrogens with one attached hydrogen (secondary N) is 1. The van der Waals surface area contributed by atoms with Crippen molar-refractivity contribution in [2.24, 2.45) is 5.92 Å². The van der Waals surface area contributed by atoms with Crippen molar-refractivity contribution >= 4 is 21.6 Å². The summed E-state index contributed by atoms with van der Waals surface area (Å²) in [6.07, 6.45) is 7.06. The van der Waals surface area contributed by atoms with Gasteiger partial charge in [-0.25, -0.2) is 0 Å². The molecule has 3 heteroatoms. The summed E-state index contributed by atoms with van der Waals surface area (Å²) in [5.74, 6) is 0.869. The van der Waals surface area contributed by atoms with E-state index in [1.165, 1.54) is 54.4 Å². The Balaban J connectivity index is 2.06. The van der Waals surface area contributed by atoms with E-state index in [1.54, 1.807) is 0 Å². The van der Waals surface area contributed by atoms with E-state index in [1.807, 2.05) is 0 Å². The van der Waals surface area contributed by atoms with Crippen LogP contribution in [-0.2, 0) is 6.54 Å². The van der Waals surface area contributed by atoms with E-state index in [-0.39, 0.29) is 0 Å². The minimum absolute atomic E-state index is 0.519. The van der Waals surface area contributed by atoms with E-state index < -0.39 is 0 Å². The van der Waals surface area contributed by atoms with Crippen molar-refractivity contribution in [1.29, 1.82) is 0 Å². The summed E-state index contributed by atoms with van der Waals surface area (Å²) in [6, 6.07) is 7.17. The number of hydrogen-bond acceptors (Lipinski definition) is 2. The van der Waals surface area contributed by atoms with Crippen molar-refractivity contribution < 1.29 is 0 Å². The zero-order valence-corrected chi connectivity index (χ0v) is 15.2. The summed E-state index contributed by atoms with van der Waals surface area (Å²) >= 11 is 3.62. The highest BCUT2D eigenvalue weighted by Crippen LogP contribution is 2.29. The van der Waals surface area contributed by atoms with Crippen LogP contribution in [0.1, 0.15) is 51.5 Å². The summed E-state index contributed by atoms with van der Waals surface area (Å²) in [6.45, 7) is 6.52. The van der Waals surface area contributed by atoms with Gasteiger partial charge in [0.1, 0.15) is 0 Å². The molecule has 1 aromatic carbocycles. The Hall–Kier alpha value is -0.540. The fraction of sp³-hybridized carbons (Fsp3) is 0.667. The molecule has 1 aliphatic carbocycles. The van der Waals surface area contributed by atoms with Crippen LogP contribution in [0.3, 0.4) is 0 Å². The Morgan fingerprint density at radius 2 is 1.95 bits per heavy atom. The van der Waals surface area contributed by atoms with E-state index in [0.29, 0.717) is 6.04 Å². The van der Waals surface area contributed by atoms with Gasteiger partial charge in [-0.2, -0.15) is 0 Å². The first-order valence-electron chi connectivity index (χ1n) is 8.29. The van der Waals surface area contributed by atoms with Crippen LogP contribution in [0, 0.1) is 5.92 Å². The molecule has 0 saturated heterocycles. The van der Waals surface area contributed by atoms with Crippen LogP contribution < -0.4 is 10.2 Å². The molecule has 0 aromatic heterocycles. The van der Waals surface area contributed by atoms with Gasteiger partial charge in [0.05, 0.1) is 0 Å². The summed E-state index contributed by atoms with van der Waals surface area (Å²) in [5, 5.41) is 3.54. The molecular weight excluding hydrogens is 324 g/mol. The highest BCUT2D eigenvalue weighted by atomic mass is 79.9. The van der Waals surface area contributed by atoms with Crippen LogP contribution in [0.4, 0.5) is 5.69 Å². The molecule has 0 spiro atoms. The first-order valence-corrected chi connectivity index (χ1v) is 9.08. The van der Waals surface area contributed by atoms with Gasteiger partial charge in [-0.05, 0) is 36.5 Å². The number of anilines is 1. The van der Waals surface area contributed by atoms with Crippen molar-refractivity contribution in [3.8, 4) is 0 Å². The standard InChI is InChI=1S/C18H29BrN2/c1-14(2)20-12-16-9-10-17(19)11-18(16)21(3)13-15-7-5-4-6-8-15/h9-11,14-15,20H,4-8,12-13H2,1-3H3. The van der Waals surface area contributed by atoms with E-state index >= 15 is 0 Å². The van der Waals surface area contributed by atoms with Gasteiger partial charge in [-0.3, -0.25) is 0 Å². The molecule has 0 radical (unpaired) electrons. The van der Waals surface area contributed by atoms with Crippen molar-refractivity contribution in [3.63, 3.8) is 0 Å². The maximum absolute atomic E-state index is 3.62. The molecule has 0 amide bonds. The normalized spacial score (nSPS) is 16.4. The molecular formula is C18H29BrN2. The first-order chi connectivity index (χ1) is 10.1. The molecule has 21 heavy (non-hydrogen) atoms. The lowest BCUT2D eigenvalue weighted by Gasteiger charge is -2.30. The molecule has 1 fully saturated rings. The second-order valence-electron chi connectivity index (χ2n) is 6.69. The predicted molar refractivity (Wildman–Crippen MR) is 96.0 cm³/mol. The van der Waals surface area contributed by atoms with E-state index in [0.717, 1.165) is 12.5 Å². The maximum Gasteiger partial charge on any atom is 0.0420 e. The van der Waals surface area contributed by atoms with Gasteiger partial charge in [0.2, 0.25) is 0 Å². The Morgan fingerprint density at radius 3 is 2.62 bits per heavy atom. The Labute approximate surface area is 138 Å². The maximum atomic E-state index is 3.62. The van der Waals surface area contributed by atoms with Gasteiger partial charge in [0, 0.05) is 36.3 Å². The predicted octanol–water partition coefficient (Wildman–Crippen LogP) is 4.96. The number of hydrogen-bond donors (Lipinski definition) is 1. The average molecular weight is 353 g/mol. The summed E-state index contributed by atoms with van der Waals surface area (Å²) < 4.78 is 1.17. The van der Waals surface area contributed by atoms with Gasteiger partial charge in [-0.15, -0.1) is 0 Å². The van der Waals surface area contributed by atoms with Crippen LogP contribution in [0.15, 0.2) is 22.7 Å². The van der Waals surface area contributed by atoms with E-state index in [9.17, 15) is 0 Å². The quantitative estimate of drug-likeness (QED) is 0.777. The van der Waals surface area contributed by atoms with E-state index in [2.05, 4.69) is 65.2 Å². The molecule has 118 valence electrons. The first kappa shape index (κ1) is 16.8. The molecule has 0 unspecified atom stereocenters. The van der Waals surface area contributed by atoms with Gasteiger partial charge in [-0.1, -0.05) is 55.1 Å². The number of halogens is 1. The van der Waals surface area contributed by atoms with Crippen molar-refractivity contribution in [2.75, 3.05) is 18.5 Å². The highest BCUT2D eigenvalue weighted by molar-refractivity contribution is 9.10. The SMILES string of the molecule is CC(C)NCc1ccc(Br)cc1N(C)CC1CCCCC1. The third kappa shape index (κ3) is 5.30. The minimum atomic E-state index is 0.519. The third-order valence-corrected chi connectivity index (χ3v) is 4.91. The molecule has 2 rings (SSSR count). The monoisotopic (exact) mass is 352 g/mol. The fourth-order valence-corrected chi connectivity index (χ4v) is 3.56. The molecule has 0 bridgehead atoms. The molecule has 0 aliphatic heterocycles. The minimum Gasteiger partial charge on any atom is -0.374 e. The van der Waals surface area contributed by atoms with Gasteiger partial charge < -0.3 is 10.2 Å². The molecule has 1 aliphatic rings. The summed E-state index contributed by atoms with van der Waals surface area (Å²) in [7, 11) is 2.25. The number of nitrogens with zero attached hydrogens (tertiary/aromatic N) is 1. The second kappa shape index (κ2) is 8.19. The van der Waals surface area contributed by atoms with Crippen LogP contribution in [0.5, 0.6) is 0 Å². The zero-order chi connectivity index (χ0) is 15.2. The second-order valence-corrected chi connectivity index (χ2v) is 7.61. The average Bonchev–Trinajstić information content (AvgIpc) is 2.46. The van der Waals surface area contributed by atoms with Crippen molar-refractivity contribution in [1.82, 2.24) is 5.32 Å². The number of benzene rings is 1. The lowest BCUT2D eigenvalue weighted by molar-refractivity contribution is 0.362. The van der Waals surface area contributed by atoms with E-state index in [4.69, 9.17) is 0 Å². The largest absolute Gasteiger partial charge is 0.374 e. The van der Waals surface area contributed by atoms with Crippen LogP contribution >= 0.6 is 15.9 Å². The Morgan fingerprint density at radius 1 is 1.24 bits per heavy atom. The summed E-state index contributed by atoms with van der Waals surface area (Å²) in [5.41, 5.74) is 2.76. The third-order valence-electron chi connectivity index (χ3n) is 4.42. The Bertz CT molecular complexity index is 439. The van der Waals surface area contributed by atoms with Gasteiger partial charge in [0.25, 0.3) is 0 Å². The molecule has 1 N–H and O–H groups in total. The molecule has 0 heterocycles. The summed E-state index contributed by atoms with van der Waals surface area (Å²) in [4.78, 5) is 2.46. The van der Waals surface area contributed by atoms with Crippen LogP contribution in [0.2, 0.25) is 0 Å². The number of rotatable bonds is 6. The van der Waals surface area contributed by atoms with Crippen LogP contribution in [0.25, 0.3) is 0 Å². The smallest absolute Gasteiger partial charge is 0.0420 e. The van der Waals surface area contributed by atoms with Crippen molar-refractivity contribution in [2.45, 2.75) is 58.5 Å². The molecule has 1 aromatic rings.